The Hall–Kier alpha value is -2.88. The number of allylic oxidation sites excluding steroid dienone is 2. The van der Waals surface area contributed by atoms with E-state index in [9.17, 15) is 32.7 Å². The minimum Gasteiger partial charge on any atom is -0.363 e. The minimum atomic E-state index is -2.10. The summed E-state index contributed by atoms with van der Waals surface area (Å²) >= 11 is -2.10. The Kier molecular flexibility index (Phi) is 16.5. The molecule has 2 unspecified atom stereocenters. The number of ketones is 1. The predicted molar refractivity (Wildman–Crippen MR) is 195 cm³/mol. The van der Waals surface area contributed by atoms with E-state index in [1.807, 2.05) is 62.3 Å². The Bertz CT molecular complexity index is 1250. The van der Waals surface area contributed by atoms with E-state index in [1.165, 1.54) is 21.2 Å². The first-order chi connectivity index (χ1) is 23.1. The molecule has 0 aromatic heterocycles. The van der Waals surface area contributed by atoms with Crippen molar-refractivity contribution in [3.8, 4) is 0 Å². The molecule has 50 heavy (non-hydrogen) atoms. The van der Waals surface area contributed by atoms with Crippen LogP contribution in [0.25, 0.3) is 0 Å². The average Bonchev–Trinajstić information content (AvgIpc) is 3.36. The van der Waals surface area contributed by atoms with Crippen LogP contribution in [-0.2, 0) is 30.4 Å². The largest absolute Gasteiger partial charge is 0.363 e. The third kappa shape index (κ3) is 13.0. The van der Waals surface area contributed by atoms with Gasteiger partial charge in [0.25, 0.3) is 5.91 Å². The zero-order valence-corrected chi connectivity index (χ0v) is 32.4. The third-order valence-electron chi connectivity index (χ3n) is 9.63. The number of nitrogens with one attached hydrogen (secondary N) is 4. The number of nitrogens with zero attached hydrogens (tertiary/aromatic N) is 2. The van der Waals surface area contributed by atoms with E-state index in [4.69, 9.17) is 5.73 Å². The number of likely N-dealkylation sites (tertiary alicyclic amines) is 1. The Morgan fingerprint density at radius 3 is 2.18 bits per heavy atom. The van der Waals surface area contributed by atoms with Crippen LogP contribution in [0.5, 0.6) is 0 Å². The fourth-order valence-corrected chi connectivity index (χ4v) is 6.78. The SMILES string of the molecule is CC(C)N(CCNC[C@@H](NC(=O)N[C@H](C(=O)N1CC[C@H](C)[C@H]1C(=O)NC(CCCC=C1CCC1)C(=O)C(N)=O)C(C)(C)C)C(C)(C)C)S(=O)O. The Morgan fingerprint density at radius 1 is 1.04 bits per heavy atom. The number of unbranched alkanes of at least 4 members (excludes halogenated alkanes) is 1. The summed E-state index contributed by atoms with van der Waals surface area (Å²) in [6, 6.07) is -4.00. The lowest BCUT2D eigenvalue weighted by Gasteiger charge is -2.37. The highest BCUT2D eigenvalue weighted by molar-refractivity contribution is 7.76. The number of carbonyl (C=O) groups excluding carboxylic acids is 5. The average molecular weight is 726 g/mol. The molecule has 6 atom stereocenters. The summed E-state index contributed by atoms with van der Waals surface area (Å²) in [5.41, 5.74) is 5.61. The first-order valence-corrected chi connectivity index (χ1v) is 19.0. The van der Waals surface area contributed by atoms with Gasteiger partial charge in [0.15, 0.2) is 0 Å². The quantitative estimate of drug-likeness (QED) is 0.0536. The monoisotopic (exact) mass is 725 g/mol. The zero-order chi connectivity index (χ0) is 38.0. The second-order valence-corrected chi connectivity index (χ2v) is 17.1. The van der Waals surface area contributed by atoms with Crippen LogP contribution in [0.3, 0.4) is 0 Å². The molecule has 1 saturated heterocycles. The Balaban J connectivity index is 2.14. The van der Waals surface area contributed by atoms with Crippen molar-refractivity contribution in [2.24, 2.45) is 22.5 Å². The van der Waals surface area contributed by atoms with E-state index in [1.54, 1.807) is 0 Å². The lowest BCUT2D eigenvalue weighted by Crippen LogP contribution is -2.62. The normalized spacial score (nSPS) is 20.5. The molecule has 0 aromatic carbocycles. The molecule has 1 aliphatic heterocycles. The number of primary amides is 1. The summed E-state index contributed by atoms with van der Waals surface area (Å²) in [5.74, 6) is -3.17. The van der Waals surface area contributed by atoms with Crippen molar-refractivity contribution >= 4 is 40.8 Å². The molecule has 1 saturated carbocycles. The van der Waals surface area contributed by atoms with Crippen molar-refractivity contribution in [3.63, 3.8) is 0 Å². The van der Waals surface area contributed by atoms with Gasteiger partial charge in [0.05, 0.1) is 6.04 Å². The summed E-state index contributed by atoms with van der Waals surface area (Å²) in [6.45, 7) is 18.4. The number of Topliss-reactive ketones (excluding diaryl/α,β-unsaturated/α-hetero) is 1. The van der Waals surface area contributed by atoms with Gasteiger partial charge >= 0.3 is 6.03 Å². The van der Waals surface area contributed by atoms with Gasteiger partial charge in [-0.15, -0.1) is 0 Å². The van der Waals surface area contributed by atoms with Gasteiger partial charge in [-0.05, 0) is 75.5 Å². The number of amides is 5. The number of nitrogens with two attached hydrogens (primary N) is 1. The van der Waals surface area contributed by atoms with Gasteiger partial charge in [0, 0.05) is 38.3 Å². The van der Waals surface area contributed by atoms with Gasteiger partial charge < -0.3 is 31.9 Å². The molecule has 286 valence electrons. The van der Waals surface area contributed by atoms with E-state index < -0.39 is 64.3 Å². The molecule has 2 fully saturated rings. The fourth-order valence-electron chi connectivity index (χ4n) is 6.18. The van der Waals surface area contributed by atoms with Gasteiger partial charge in [0.1, 0.15) is 12.1 Å². The molecule has 2 rings (SSSR count). The van der Waals surface area contributed by atoms with E-state index in [2.05, 4.69) is 27.3 Å². The molecule has 1 aliphatic carbocycles. The summed E-state index contributed by atoms with van der Waals surface area (Å²) in [6.07, 6.45) is 7.61. The van der Waals surface area contributed by atoms with E-state index >= 15 is 0 Å². The van der Waals surface area contributed by atoms with Crippen LogP contribution in [-0.4, -0.2) is 104 Å². The van der Waals surface area contributed by atoms with Gasteiger partial charge in [-0.25, -0.2) is 9.00 Å². The van der Waals surface area contributed by atoms with Crippen LogP contribution in [0.2, 0.25) is 0 Å². The third-order valence-corrected chi connectivity index (χ3v) is 10.6. The smallest absolute Gasteiger partial charge is 0.315 e. The topological polar surface area (TPSA) is 203 Å². The van der Waals surface area contributed by atoms with Gasteiger partial charge in [-0.2, -0.15) is 4.31 Å². The van der Waals surface area contributed by atoms with Crippen LogP contribution in [0.1, 0.15) is 107 Å². The number of urea groups is 1. The first-order valence-electron chi connectivity index (χ1n) is 17.9. The van der Waals surface area contributed by atoms with Crippen LogP contribution in [0.4, 0.5) is 4.79 Å². The van der Waals surface area contributed by atoms with Crippen LogP contribution >= 0.6 is 0 Å². The molecule has 2 aliphatic rings. The van der Waals surface area contributed by atoms with Crippen molar-refractivity contribution in [3.05, 3.63) is 11.6 Å². The second kappa shape index (κ2) is 19.1. The van der Waals surface area contributed by atoms with Crippen LogP contribution in [0.15, 0.2) is 11.6 Å². The number of rotatable bonds is 18. The fraction of sp³-hybridized carbons (Fsp3) is 0.800. The minimum absolute atomic E-state index is 0.121. The molecule has 5 amide bonds. The molecule has 0 bridgehead atoms. The number of carbonyl (C=O) groups is 5. The molecule has 0 radical (unpaired) electrons. The number of hydrogen-bond acceptors (Lipinski definition) is 7. The second-order valence-electron chi connectivity index (χ2n) is 16.2. The summed E-state index contributed by atoms with van der Waals surface area (Å²) in [4.78, 5) is 67.4. The molecule has 0 spiro atoms. The van der Waals surface area contributed by atoms with Gasteiger partial charge in [-0.1, -0.05) is 60.1 Å². The highest BCUT2D eigenvalue weighted by atomic mass is 32.2. The maximum absolute atomic E-state index is 14.2. The maximum atomic E-state index is 14.2. The summed E-state index contributed by atoms with van der Waals surface area (Å²) in [7, 11) is 0. The molecular weight excluding hydrogens is 662 g/mol. The lowest BCUT2D eigenvalue weighted by molar-refractivity contribution is -0.144. The first kappa shape index (κ1) is 43.3. The van der Waals surface area contributed by atoms with Crippen molar-refractivity contribution in [2.75, 3.05) is 26.2 Å². The van der Waals surface area contributed by atoms with E-state index in [-0.39, 0.29) is 36.4 Å². The van der Waals surface area contributed by atoms with Crippen LogP contribution < -0.4 is 27.0 Å². The van der Waals surface area contributed by atoms with Crippen molar-refractivity contribution < 1.29 is 32.7 Å². The molecule has 7 N–H and O–H groups in total. The predicted octanol–water partition coefficient (Wildman–Crippen LogP) is 2.61. The maximum Gasteiger partial charge on any atom is 0.315 e. The van der Waals surface area contributed by atoms with Crippen molar-refractivity contribution in [1.82, 2.24) is 30.5 Å². The molecule has 1 heterocycles. The highest BCUT2D eigenvalue weighted by Crippen LogP contribution is 2.30. The molecular formula is C35H63N7O7S. The zero-order valence-electron chi connectivity index (χ0n) is 31.6. The lowest BCUT2D eigenvalue weighted by atomic mass is 9.85. The molecule has 14 nitrogen and oxygen atoms in total. The van der Waals surface area contributed by atoms with E-state index in [0.29, 0.717) is 32.5 Å². The highest BCUT2D eigenvalue weighted by Gasteiger charge is 2.45. The molecule has 15 heteroatoms. The van der Waals surface area contributed by atoms with Crippen LogP contribution in [0, 0.1) is 16.7 Å². The van der Waals surface area contributed by atoms with Gasteiger partial charge in [0.2, 0.25) is 28.9 Å². The summed E-state index contributed by atoms with van der Waals surface area (Å²) < 4.78 is 22.6. The Morgan fingerprint density at radius 2 is 1.68 bits per heavy atom. The van der Waals surface area contributed by atoms with Crippen molar-refractivity contribution in [2.45, 2.75) is 137 Å². The Labute approximate surface area is 301 Å². The number of hydrogen-bond donors (Lipinski definition) is 6. The van der Waals surface area contributed by atoms with Gasteiger partial charge in [-0.3, -0.25) is 23.7 Å². The summed E-state index contributed by atoms with van der Waals surface area (Å²) in [5, 5.41) is 11.9. The van der Waals surface area contributed by atoms with E-state index in [0.717, 1.165) is 19.3 Å². The molecule has 0 aromatic rings. The van der Waals surface area contributed by atoms with Crippen molar-refractivity contribution in [1.29, 1.82) is 0 Å². The standard InChI is InChI=1S/C35H63N7O7S/c1-22(2)42(50(48)49)20-18-37-21-26(34(4,5)6)39-33(47)40-29(35(7,8)9)32(46)41-19-17-23(3)27(41)31(45)38-25(28(43)30(36)44)16-11-10-13-24-14-12-15-24/h13,22-23,25-27,29,37H,10-12,14-21H2,1-9H3,(H2,36,44)(H,38,45)(H,48,49)(H2,39,40,47)/t23-,25?,26+,27-,29+/m0/s1.